The van der Waals surface area contributed by atoms with Gasteiger partial charge in [-0.05, 0) is 31.7 Å². The van der Waals surface area contributed by atoms with E-state index in [0.717, 1.165) is 28.3 Å². The number of hydrogen-bond acceptors (Lipinski definition) is 5. The van der Waals surface area contributed by atoms with Crippen LogP contribution >= 0.6 is 11.3 Å². The first-order valence-corrected chi connectivity index (χ1v) is 11.2. The van der Waals surface area contributed by atoms with E-state index in [1.807, 2.05) is 22.6 Å². The highest BCUT2D eigenvalue weighted by Crippen LogP contribution is 2.50. The minimum absolute atomic E-state index is 0.0594. The summed E-state index contributed by atoms with van der Waals surface area (Å²) in [5.41, 5.74) is 1.36. The lowest BCUT2D eigenvalue weighted by atomic mass is 9.99. The zero-order valence-corrected chi connectivity index (χ0v) is 18.1. The molecule has 3 aliphatic rings. The third-order valence-corrected chi connectivity index (χ3v) is 7.71. The molecule has 1 fully saturated rings. The van der Waals surface area contributed by atoms with Gasteiger partial charge in [-0.1, -0.05) is 0 Å². The highest BCUT2D eigenvalue weighted by Gasteiger charge is 2.52. The fourth-order valence-corrected chi connectivity index (χ4v) is 6.05. The monoisotopic (exact) mass is 427 g/mol. The maximum absolute atomic E-state index is 13.4. The molecule has 5 rings (SSSR count). The predicted molar refractivity (Wildman–Crippen MR) is 112 cm³/mol. The number of hydrogen-bond donors (Lipinski definition) is 0. The van der Waals surface area contributed by atoms with Crippen LogP contribution in [0.25, 0.3) is 0 Å². The summed E-state index contributed by atoms with van der Waals surface area (Å²) in [6, 6.07) is 0. The predicted octanol–water partition coefficient (Wildman–Crippen LogP) is 1.75. The normalized spacial score (nSPS) is 20.1. The Morgan fingerprint density at radius 2 is 2.07 bits per heavy atom. The fraction of sp³-hybridized carbons (Fsp3) is 0.524. The molecule has 0 saturated heterocycles. The van der Waals surface area contributed by atoms with Crippen LogP contribution in [0.15, 0.2) is 18.7 Å². The van der Waals surface area contributed by atoms with Gasteiger partial charge in [-0.3, -0.25) is 14.4 Å². The molecule has 4 heterocycles. The minimum Gasteiger partial charge on any atom is -0.337 e. The van der Waals surface area contributed by atoms with E-state index >= 15 is 0 Å². The van der Waals surface area contributed by atoms with Gasteiger partial charge in [0.2, 0.25) is 11.8 Å². The van der Waals surface area contributed by atoms with Crippen molar-refractivity contribution in [1.82, 2.24) is 19.4 Å². The van der Waals surface area contributed by atoms with Crippen molar-refractivity contribution < 1.29 is 14.4 Å². The highest BCUT2D eigenvalue weighted by molar-refractivity contribution is 7.17. The van der Waals surface area contributed by atoms with Gasteiger partial charge in [0.15, 0.2) is 0 Å². The number of aromatic nitrogens is 2. The van der Waals surface area contributed by atoms with E-state index < -0.39 is 0 Å². The molecule has 1 saturated carbocycles. The van der Waals surface area contributed by atoms with Crippen LogP contribution in [-0.2, 0) is 29.1 Å². The molecular formula is C21H25N5O3S. The summed E-state index contributed by atoms with van der Waals surface area (Å²) in [4.78, 5) is 49.3. The van der Waals surface area contributed by atoms with Gasteiger partial charge in [0.05, 0.1) is 23.9 Å². The van der Waals surface area contributed by atoms with Gasteiger partial charge < -0.3 is 19.3 Å². The maximum atomic E-state index is 13.4. The van der Waals surface area contributed by atoms with Crippen molar-refractivity contribution in [2.24, 2.45) is 5.41 Å². The van der Waals surface area contributed by atoms with Gasteiger partial charge in [0.25, 0.3) is 5.91 Å². The SMILES string of the molecule is CCN1C(=O)CN(C)C(=O)c2c1sc1c2CCN(C(=O)C2(Cn3ccnc3)CC2)C1. The Morgan fingerprint density at radius 3 is 2.73 bits per heavy atom. The standard InChI is InChI=1S/C21H25N5O3S/c1-3-26-16(27)11-23(2)18(28)17-14-4-8-25(10-15(14)30-19(17)26)20(29)21(5-6-21)12-24-9-7-22-13-24/h7,9,13H,3-6,8,10-12H2,1-2H3. The first-order valence-electron chi connectivity index (χ1n) is 10.4. The quantitative estimate of drug-likeness (QED) is 0.745. The van der Waals surface area contributed by atoms with Gasteiger partial charge in [-0.25, -0.2) is 4.98 Å². The Kier molecular flexibility index (Phi) is 4.46. The molecule has 0 unspecified atom stereocenters. The number of nitrogens with zero attached hydrogens (tertiary/aromatic N) is 5. The number of carbonyl (C=O) groups is 3. The number of imidazole rings is 1. The molecule has 8 nitrogen and oxygen atoms in total. The lowest BCUT2D eigenvalue weighted by molar-refractivity contribution is -0.138. The molecule has 3 amide bonds. The maximum Gasteiger partial charge on any atom is 0.257 e. The largest absolute Gasteiger partial charge is 0.337 e. The van der Waals surface area contributed by atoms with E-state index in [9.17, 15) is 14.4 Å². The molecule has 30 heavy (non-hydrogen) atoms. The lowest BCUT2D eigenvalue weighted by Gasteiger charge is -2.31. The van der Waals surface area contributed by atoms with Crippen molar-refractivity contribution in [2.75, 3.05) is 31.6 Å². The molecule has 9 heteroatoms. The van der Waals surface area contributed by atoms with Crippen molar-refractivity contribution in [2.45, 2.75) is 39.3 Å². The molecule has 0 aromatic carbocycles. The van der Waals surface area contributed by atoms with Crippen LogP contribution < -0.4 is 4.90 Å². The van der Waals surface area contributed by atoms with E-state index in [0.29, 0.717) is 38.2 Å². The van der Waals surface area contributed by atoms with Gasteiger partial charge in [-0.15, -0.1) is 11.3 Å². The van der Waals surface area contributed by atoms with Crippen LogP contribution in [0.5, 0.6) is 0 Å². The van der Waals surface area contributed by atoms with Crippen molar-refractivity contribution in [1.29, 1.82) is 0 Å². The summed E-state index contributed by atoms with van der Waals surface area (Å²) in [5, 5.41) is 0.746. The van der Waals surface area contributed by atoms with E-state index in [-0.39, 0.29) is 29.7 Å². The number of anilines is 1. The average Bonchev–Trinajstić information content (AvgIpc) is 3.18. The summed E-state index contributed by atoms with van der Waals surface area (Å²) < 4.78 is 1.98. The first kappa shape index (κ1) is 19.3. The second kappa shape index (κ2) is 6.94. The average molecular weight is 428 g/mol. The summed E-state index contributed by atoms with van der Waals surface area (Å²) in [6.45, 7) is 4.35. The fourth-order valence-electron chi connectivity index (χ4n) is 4.61. The molecule has 0 spiro atoms. The Bertz CT molecular complexity index is 1020. The van der Waals surface area contributed by atoms with E-state index in [4.69, 9.17) is 0 Å². The van der Waals surface area contributed by atoms with Gasteiger partial charge in [-0.2, -0.15) is 0 Å². The van der Waals surface area contributed by atoms with Crippen molar-refractivity contribution in [3.63, 3.8) is 0 Å². The van der Waals surface area contributed by atoms with Gasteiger partial charge >= 0.3 is 0 Å². The first-order chi connectivity index (χ1) is 14.4. The molecule has 158 valence electrons. The van der Waals surface area contributed by atoms with Gasteiger partial charge in [0, 0.05) is 44.0 Å². The summed E-state index contributed by atoms with van der Waals surface area (Å²) >= 11 is 1.50. The molecule has 2 aromatic heterocycles. The van der Waals surface area contributed by atoms with Gasteiger partial charge in [0.1, 0.15) is 11.5 Å². The van der Waals surface area contributed by atoms with E-state index in [2.05, 4.69) is 4.98 Å². The molecular weight excluding hydrogens is 402 g/mol. The second-order valence-corrected chi connectivity index (χ2v) is 9.56. The van der Waals surface area contributed by atoms with Crippen LogP contribution in [0, 0.1) is 5.41 Å². The Hall–Kier alpha value is -2.68. The molecule has 0 radical (unpaired) electrons. The number of rotatable bonds is 4. The van der Waals surface area contributed by atoms with Crippen molar-refractivity contribution in [3.8, 4) is 0 Å². The lowest BCUT2D eigenvalue weighted by Crippen LogP contribution is -2.42. The topological polar surface area (TPSA) is 78.8 Å². The summed E-state index contributed by atoms with van der Waals surface area (Å²) in [6.07, 6.45) is 7.85. The Morgan fingerprint density at radius 1 is 1.27 bits per heavy atom. The highest BCUT2D eigenvalue weighted by atomic mass is 32.1. The number of likely N-dealkylation sites (N-methyl/N-ethyl adjacent to an activating group) is 2. The second-order valence-electron chi connectivity index (χ2n) is 8.48. The summed E-state index contributed by atoms with van der Waals surface area (Å²) in [7, 11) is 1.68. The zero-order chi connectivity index (χ0) is 21.0. The smallest absolute Gasteiger partial charge is 0.257 e. The molecule has 1 aliphatic carbocycles. The molecule has 0 bridgehead atoms. The molecule has 2 aromatic rings. The third-order valence-electron chi connectivity index (χ3n) is 6.47. The van der Waals surface area contributed by atoms with Crippen molar-refractivity contribution in [3.05, 3.63) is 34.7 Å². The Balaban J connectivity index is 1.43. The zero-order valence-electron chi connectivity index (χ0n) is 17.3. The Labute approximate surface area is 179 Å². The van der Waals surface area contributed by atoms with E-state index in [1.54, 1.807) is 24.5 Å². The van der Waals surface area contributed by atoms with Crippen LogP contribution in [-0.4, -0.2) is 63.8 Å². The van der Waals surface area contributed by atoms with Crippen LogP contribution in [0.2, 0.25) is 0 Å². The molecule has 2 aliphatic heterocycles. The van der Waals surface area contributed by atoms with Crippen molar-refractivity contribution >= 4 is 34.1 Å². The third kappa shape index (κ3) is 2.94. The number of carbonyl (C=O) groups excluding carboxylic acids is 3. The molecule has 0 atom stereocenters. The number of amides is 3. The number of fused-ring (bicyclic) bond motifs is 3. The van der Waals surface area contributed by atoms with Crippen LogP contribution in [0.3, 0.4) is 0 Å². The van der Waals surface area contributed by atoms with Crippen LogP contribution in [0.1, 0.15) is 40.6 Å². The number of thiophene rings is 1. The summed E-state index contributed by atoms with van der Waals surface area (Å²) in [5.74, 6) is 0.0403. The molecule has 0 N–H and O–H groups in total. The van der Waals surface area contributed by atoms with Crippen LogP contribution in [0.4, 0.5) is 5.00 Å². The minimum atomic E-state index is -0.325. The van der Waals surface area contributed by atoms with E-state index in [1.165, 1.54) is 16.2 Å².